The first-order valence-corrected chi connectivity index (χ1v) is 7.72. The van der Waals surface area contributed by atoms with E-state index in [1.807, 2.05) is 26.8 Å². The first-order chi connectivity index (χ1) is 10.9. The molecule has 23 heavy (non-hydrogen) atoms. The van der Waals surface area contributed by atoms with Gasteiger partial charge in [0.15, 0.2) is 0 Å². The van der Waals surface area contributed by atoms with E-state index in [-0.39, 0.29) is 11.5 Å². The lowest BCUT2D eigenvalue weighted by atomic mass is 10.1. The fourth-order valence-electron chi connectivity index (χ4n) is 2.98. The Morgan fingerprint density at radius 2 is 1.87 bits per heavy atom. The van der Waals surface area contributed by atoms with Crippen LogP contribution in [-0.4, -0.2) is 21.6 Å². The summed E-state index contributed by atoms with van der Waals surface area (Å²) in [5.74, 6) is -1.21. The van der Waals surface area contributed by atoms with E-state index < -0.39 is 5.97 Å². The number of aromatic nitrogens is 1. The van der Waals surface area contributed by atoms with Gasteiger partial charge in [0, 0.05) is 23.1 Å². The standard InChI is InChI=1S/C18H20N2O3/c1-10-4-5-13(18(22)23)9-16(10)19-17(21)15-8-11(2)20(12(15)3)14-6-7-14/h4-5,8-9,14H,6-7H2,1-3H3,(H,19,21)(H,22,23). The molecule has 120 valence electrons. The van der Waals surface area contributed by atoms with Crippen molar-refractivity contribution < 1.29 is 14.7 Å². The second-order valence-electron chi connectivity index (χ2n) is 6.17. The van der Waals surface area contributed by atoms with E-state index in [0.717, 1.165) is 29.8 Å². The number of aromatic carboxylic acids is 1. The van der Waals surface area contributed by atoms with Crippen molar-refractivity contribution in [3.63, 3.8) is 0 Å². The van der Waals surface area contributed by atoms with E-state index in [1.165, 1.54) is 12.1 Å². The van der Waals surface area contributed by atoms with Crippen LogP contribution in [0.3, 0.4) is 0 Å². The molecule has 0 unspecified atom stereocenters. The highest BCUT2D eigenvalue weighted by atomic mass is 16.4. The first-order valence-electron chi connectivity index (χ1n) is 7.72. The molecule has 1 aliphatic carbocycles. The Hall–Kier alpha value is -2.56. The number of nitrogens with one attached hydrogen (secondary N) is 1. The Labute approximate surface area is 134 Å². The molecule has 1 aromatic heterocycles. The zero-order valence-corrected chi connectivity index (χ0v) is 13.5. The normalized spacial score (nSPS) is 13.9. The Bertz CT molecular complexity index is 801. The highest BCUT2D eigenvalue weighted by molar-refractivity contribution is 6.06. The van der Waals surface area contributed by atoms with Crippen LogP contribution in [0.25, 0.3) is 0 Å². The highest BCUT2D eigenvalue weighted by Gasteiger charge is 2.28. The summed E-state index contributed by atoms with van der Waals surface area (Å²) in [7, 11) is 0. The number of nitrogens with zero attached hydrogens (tertiary/aromatic N) is 1. The lowest BCUT2D eigenvalue weighted by molar-refractivity contribution is 0.0696. The van der Waals surface area contributed by atoms with Gasteiger partial charge in [0.25, 0.3) is 5.91 Å². The molecule has 1 aliphatic rings. The van der Waals surface area contributed by atoms with Crippen LogP contribution in [-0.2, 0) is 0 Å². The van der Waals surface area contributed by atoms with Crippen LogP contribution < -0.4 is 5.32 Å². The minimum absolute atomic E-state index is 0.161. The summed E-state index contributed by atoms with van der Waals surface area (Å²) in [5.41, 5.74) is 4.23. The number of anilines is 1. The van der Waals surface area contributed by atoms with Gasteiger partial charge in [-0.3, -0.25) is 4.79 Å². The van der Waals surface area contributed by atoms with Crippen molar-refractivity contribution in [2.24, 2.45) is 0 Å². The number of benzene rings is 1. The molecule has 1 fully saturated rings. The Morgan fingerprint density at radius 1 is 1.17 bits per heavy atom. The van der Waals surface area contributed by atoms with Crippen LogP contribution in [0.4, 0.5) is 5.69 Å². The SMILES string of the molecule is Cc1ccc(C(=O)O)cc1NC(=O)c1cc(C)n(C2CC2)c1C. The summed E-state index contributed by atoms with van der Waals surface area (Å²) in [5, 5.41) is 11.9. The van der Waals surface area contributed by atoms with Crippen molar-refractivity contribution in [2.45, 2.75) is 39.7 Å². The monoisotopic (exact) mass is 312 g/mol. The molecule has 0 aliphatic heterocycles. The van der Waals surface area contributed by atoms with E-state index in [1.54, 1.807) is 6.07 Å². The molecule has 1 saturated carbocycles. The molecular weight excluding hydrogens is 292 g/mol. The number of carbonyl (C=O) groups excluding carboxylic acids is 1. The molecular formula is C18H20N2O3. The third-order valence-electron chi connectivity index (χ3n) is 4.37. The number of hydrogen-bond donors (Lipinski definition) is 2. The van der Waals surface area contributed by atoms with Crippen LogP contribution in [0.2, 0.25) is 0 Å². The number of amides is 1. The third kappa shape index (κ3) is 2.86. The maximum atomic E-state index is 12.6. The molecule has 5 nitrogen and oxygen atoms in total. The summed E-state index contributed by atoms with van der Waals surface area (Å²) < 4.78 is 2.22. The number of aryl methyl sites for hydroxylation is 2. The molecule has 1 heterocycles. The van der Waals surface area contributed by atoms with Crippen molar-refractivity contribution in [3.8, 4) is 0 Å². The Morgan fingerprint density at radius 3 is 2.48 bits per heavy atom. The third-order valence-corrected chi connectivity index (χ3v) is 4.37. The Balaban J connectivity index is 1.89. The van der Waals surface area contributed by atoms with Crippen molar-refractivity contribution >= 4 is 17.6 Å². The molecule has 0 bridgehead atoms. The van der Waals surface area contributed by atoms with Crippen molar-refractivity contribution in [1.29, 1.82) is 0 Å². The summed E-state index contributed by atoms with van der Waals surface area (Å²) in [4.78, 5) is 23.7. The zero-order valence-electron chi connectivity index (χ0n) is 13.5. The van der Waals surface area contributed by atoms with Gasteiger partial charge >= 0.3 is 5.97 Å². The second kappa shape index (κ2) is 5.57. The predicted molar refractivity (Wildman–Crippen MR) is 88.3 cm³/mol. The molecule has 0 spiro atoms. The first kappa shape index (κ1) is 15.3. The number of carbonyl (C=O) groups is 2. The number of hydrogen-bond acceptors (Lipinski definition) is 2. The van der Waals surface area contributed by atoms with Gasteiger partial charge in [0.05, 0.1) is 11.1 Å². The average molecular weight is 312 g/mol. The van der Waals surface area contributed by atoms with Crippen LogP contribution in [0, 0.1) is 20.8 Å². The van der Waals surface area contributed by atoms with Crippen LogP contribution in [0.1, 0.15) is 56.6 Å². The van der Waals surface area contributed by atoms with Gasteiger partial charge in [-0.15, -0.1) is 0 Å². The van der Waals surface area contributed by atoms with Gasteiger partial charge in [0.1, 0.15) is 0 Å². The van der Waals surface area contributed by atoms with Crippen LogP contribution in [0.15, 0.2) is 24.3 Å². The van der Waals surface area contributed by atoms with Gasteiger partial charge in [-0.1, -0.05) is 6.07 Å². The topological polar surface area (TPSA) is 71.3 Å². The summed E-state index contributed by atoms with van der Waals surface area (Å²) in [6, 6.07) is 7.15. The highest BCUT2D eigenvalue weighted by Crippen LogP contribution is 2.38. The maximum absolute atomic E-state index is 12.6. The number of carboxylic acids is 1. The minimum Gasteiger partial charge on any atom is -0.478 e. The molecule has 2 aromatic rings. The van der Waals surface area contributed by atoms with Gasteiger partial charge in [-0.25, -0.2) is 4.79 Å². The average Bonchev–Trinajstić information content (AvgIpc) is 3.27. The molecule has 0 atom stereocenters. The minimum atomic E-state index is -1.01. The summed E-state index contributed by atoms with van der Waals surface area (Å²) in [6.07, 6.45) is 2.33. The Kier molecular flexibility index (Phi) is 3.72. The fraction of sp³-hybridized carbons (Fsp3) is 0.333. The van der Waals surface area contributed by atoms with Crippen LogP contribution >= 0.6 is 0 Å². The van der Waals surface area contributed by atoms with E-state index >= 15 is 0 Å². The van der Waals surface area contributed by atoms with Gasteiger partial charge in [-0.2, -0.15) is 0 Å². The molecule has 3 rings (SSSR count). The largest absolute Gasteiger partial charge is 0.478 e. The summed E-state index contributed by atoms with van der Waals surface area (Å²) in [6.45, 7) is 5.81. The van der Waals surface area contributed by atoms with Gasteiger partial charge < -0.3 is 15.0 Å². The molecule has 2 N–H and O–H groups in total. The lowest BCUT2D eigenvalue weighted by Gasteiger charge is -2.10. The molecule has 5 heteroatoms. The lowest BCUT2D eigenvalue weighted by Crippen LogP contribution is -2.14. The zero-order chi connectivity index (χ0) is 16.7. The van der Waals surface area contributed by atoms with Gasteiger partial charge in [0.2, 0.25) is 0 Å². The molecule has 1 amide bonds. The molecule has 1 aromatic carbocycles. The van der Waals surface area contributed by atoms with E-state index in [2.05, 4.69) is 9.88 Å². The maximum Gasteiger partial charge on any atom is 0.335 e. The number of carboxylic acid groups (broad SMARTS) is 1. The predicted octanol–water partition coefficient (Wildman–Crippen LogP) is 3.70. The smallest absolute Gasteiger partial charge is 0.335 e. The van der Waals surface area contributed by atoms with E-state index in [4.69, 9.17) is 5.11 Å². The fourth-order valence-corrected chi connectivity index (χ4v) is 2.98. The number of rotatable bonds is 4. The van der Waals surface area contributed by atoms with Crippen molar-refractivity contribution in [3.05, 3.63) is 52.3 Å². The van der Waals surface area contributed by atoms with E-state index in [0.29, 0.717) is 17.3 Å². The molecule has 0 saturated heterocycles. The van der Waals surface area contributed by atoms with Gasteiger partial charge in [-0.05, 0) is 57.4 Å². The molecule has 0 radical (unpaired) electrons. The van der Waals surface area contributed by atoms with E-state index in [9.17, 15) is 9.59 Å². The quantitative estimate of drug-likeness (QED) is 0.904. The second-order valence-corrected chi connectivity index (χ2v) is 6.17. The van der Waals surface area contributed by atoms with Crippen molar-refractivity contribution in [2.75, 3.05) is 5.32 Å². The summed E-state index contributed by atoms with van der Waals surface area (Å²) >= 11 is 0. The van der Waals surface area contributed by atoms with Crippen molar-refractivity contribution in [1.82, 2.24) is 4.57 Å². The van der Waals surface area contributed by atoms with Crippen LogP contribution in [0.5, 0.6) is 0 Å².